The number of rotatable bonds is 45. The molecule has 0 spiro atoms. The van der Waals surface area contributed by atoms with Crippen LogP contribution in [0.15, 0.2) is 0 Å². The van der Waals surface area contributed by atoms with Gasteiger partial charge in [0, 0.05) is 19.3 Å². The summed E-state index contributed by atoms with van der Waals surface area (Å²) < 4.78 is 16.7. The van der Waals surface area contributed by atoms with Gasteiger partial charge in [0.25, 0.3) is 0 Å². The van der Waals surface area contributed by atoms with Crippen molar-refractivity contribution in [3.63, 3.8) is 0 Å². The Hall–Kier alpha value is -1.59. The van der Waals surface area contributed by atoms with Gasteiger partial charge < -0.3 is 14.2 Å². The molecule has 6 heteroatoms. The third kappa shape index (κ3) is 43.4. The first-order valence-corrected chi connectivity index (χ1v) is 24.5. The van der Waals surface area contributed by atoms with Crippen LogP contribution in [0.4, 0.5) is 0 Å². The molecule has 0 heterocycles. The summed E-state index contributed by atoms with van der Waals surface area (Å²) in [5.41, 5.74) is 0. The first kappa shape index (κ1) is 53.4. The molecular weight excluding hydrogens is 685 g/mol. The zero-order valence-corrected chi connectivity index (χ0v) is 37.2. The first-order chi connectivity index (χ1) is 27.0. The van der Waals surface area contributed by atoms with Crippen LogP contribution in [0.2, 0.25) is 0 Å². The molecule has 6 nitrogen and oxygen atoms in total. The lowest BCUT2D eigenvalue weighted by molar-refractivity contribution is -0.167. The van der Waals surface area contributed by atoms with Crippen molar-refractivity contribution in [3.05, 3.63) is 0 Å². The van der Waals surface area contributed by atoms with Gasteiger partial charge in [-0.2, -0.15) is 0 Å². The lowest BCUT2D eigenvalue weighted by Crippen LogP contribution is -2.30. The van der Waals surface area contributed by atoms with E-state index in [4.69, 9.17) is 14.2 Å². The van der Waals surface area contributed by atoms with Crippen LogP contribution in [-0.2, 0) is 28.6 Å². The molecule has 0 aromatic heterocycles. The Labute approximate surface area is 342 Å². The smallest absolute Gasteiger partial charge is 0.306 e. The highest BCUT2D eigenvalue weighted by Gasteiger charge is 2.19. The number of hydrogen-bond donors (Lipinski definition) is 0. The Bertz CT molecular complexity index is 813. The van der Waals surface area contributed by atoms with Crippen molar-refractivity contribution in [1.82, 2.24) is 0 Å². The third-order valence-corrected chi connectivity index (χ3v) is 11.1. The van der Waals surface area contributed by atoms with E-state index in [9.17, 15) is 14.4 Å². The summed E-state index contributed by atoms with van der Waals surface area (Å²) in [6.07, 6.45) is 46.8. The predicted octanol–water partition coefficient (Wildman–Crippen LogP) is 15.6. The molecule has 0 aromatic rings. The summed E-state index contributed by atoms with van der Waals surface area (Å²) in [6.45, 7) is 6.62. The second-order valence-corrected chi connectivity index (χ2v) is 16.7. The van der Waals surface area contributed by atoms with Crippen molar-refractivity contribution in [3.8, 4) is 0 Å². The maximum absolute atomic E-state index is 12.7. The van der Waals surface area contributed by atoms with Crippen LogP contribution in [0.1, 0.15) is 278 Å². The summed E-state index contributed by atoms with van der Waals surface area (Å²) in [5, 5.41) is 0. The van der Waals surface area contributed by atoms with E-state index < -0.39 is 6.10 Å². The van der Waals surface area contributed by atoms with Gasteiger partial charge in [-0.15, -0.1) is 0 Å². The van der Waals surface area contributed by atoms with Gasteiger partial charge in [-0.05, 0) is 19.3 Å². The molecule has 55 heavy (non-hydrogen) atoms. The Morgan fingerprint density at radius 2 is 0.491 bits per heavy atom. The highest BCUT2D eigenvalue weighted by Crippen LogP contribution is 2.16. The first-order valence-electron chi connectivity index (χ1n) is 24.5. The Kier molecular flexibility index (Phi) is 43.8. The van der Waals surface area contributed by atoms with E-state index in [1.165, 1.54) is 180 Å². The van der Waals surface area contributed by atoms with Gasteiger partial charge in [-0.1, -0.05) is 239 Å². The van der Waals surface area contributed by atoms with Crippen molar-refractivity contribution in [2.75, 3.05) is 13.2 Å². The number of carbonyl (C=O) groups excluding carboxylic acids is 3. The average Bonchev–Trinajstić information content (AvgIpc) is 3.18. The van der Waals surface area contributed by atoms with Crippen LogP contribution < -0.4 is 0 Å². The van der Waals surface area contributed by atoms with Gasteiger partial charge in [-0.25, -0.2) is 0 Å². The molecule has 0 radical (unpaired) electrons. The standard InChI is InChI=1S/C49H94O6/c1-4-7-10-13-16-19-20-21-22-23-24-25-26-27-28-29-31-33-36-39-42-48(51)54-45-46(44-53-47(50)41-38-35-32-18-15-12-9-6-3)55-49(52)43-40-37-34-30-17-14-11-8-5-2/h46H,4-45H2,1-3H3. The van der Waals surface area contributed by atoms with Crippen LogP contribution in [0.3, 0.4) is 0 Å². The fourth-order valence-electron chi connectivity index (χ4n) is 7.38. The lowest BCUT2D eigenvalue weighted by Gasteiger charge is -2.18. The molecule has 0 amide bonds. The SMILES string of the molecule is CCCCCCCCCCCCCCCCCCCCCCC(=O)OCC(COC(=O)CCCCCCCCCC)OC(=O)CCCCCCCCCCC. The molecule has 0 bridgehead atoms. The predicted molar refractivity (Wildman–Crippen MR) is 233 cm³/mol. The quantitative estimate of drug-likeness (QED) is 0.0348. The topological polar surface area (TPSA) is 78.9 Å². The molecule has 0 aliphatic heterocycles. The minimum Gasteiger partial charge on any atom is -0.462 e. The van der Waals surface area contributed by atoms with Crippen molar-refractivity contribution < 1.29 is 28.6 Å². The minimum absolute atomic E-state index is 0.0629. The zero-order valence-electron chi connectivity index (χ0n) is 37.2. The van der Waals surface area contributed by atoms with Crippen molar-refractivity contribution in [2.24, 2.45) is 0 Å². The van der Waals surface area contributed by atoms with Crippen LogP contribution >= 0.6 is 0 Å². The van der Waals surface area contributed by atoms with E-state index in [2.05, 4.69) is 20.8 Å². The maximum atomic E-state index is 12.7. The molecule has 0 aliphatic carbocycles. The summed E-state index contributed by atoms with van der Waals surface area (Å²) >= 11 is 0. The number of esters is 3. The fourth-order valence-corrected chi connectivity index (χ4v) is 7.38. The number of unbranched alkanes of at least 4 members (excludes halogenated alkanes) is 34. The van der Waals surface area contributed by atoms with E-state index in [0.717, 1.165) is 57.8 Å². The van der Waals surface area contributed by atoms with Crippen LogP contribution in [0, 0.1) is 0 Å². The third-order valence-electron chi connectivity index (χ3n) is 11.1. The van der Waals surface area contributed by atoms with E-state index in [1.807, 2.05) is 0 Å². The molecule has 0 rings (SSSR count). The van der Waals surface area contributed by atoms with Crippen molar-refractivity contribution in [1.29, 1.82) is 0 Å². The summed E-state index contributed by atoms with van der Waals surface area (Å²) in [5.74, 6) is -0.855. The summed E-state index contributed by atoms with van der Waals surface area (Å²) in [7, 11) is 0. The lowest BCUT2D eigenvalue weighted by atomic mass is 10.0. The molecule has 0 aromatic carbocycles. The largest absolute Gasteiger partial charge is 0.462 e. The minimum atomic E-state index is -0.757. The van der Waals surface area contributed by atoms with Gasteiger partial charge >= 0.3 is 17.9 Å². The van der Waals surface area contributed by atoms with E-state index in [1.54, 1.807) is 0 Å². The van der Waals surface area contributed by atoms with Gasteiger partial charge in [0.05, 0.1) is 0 Å². The van der Waals surface area contributed by atoms with E-state index in [-0.39, 0.29) is 31.1 Å². The second-order valence-electron chi connectivity index (χ2n) is 16.7. The van der Waals surface area contributed by atoms with Gasteiger partial charge in [0.15, 0.2) is 6.10 Å². The molecule has 0 saturated carbocycles. The van der Waals surface area contributed by atoms with Crippen LogP contribution in [0.25, 0.3) is 0 Å². The molecule has 0 aliphatic rings. The average molecular weight is 779 g/mol. The Morgan fingerprint density at radius 3 is 0.727 bits per heavy atom. The summed E-state index contributed by atoms with van der Waals surface area (Å²) in [6, 6.07) is 0. The maximum Gasteiger partial charge on any atom is 0.306 e. The van der Waals surface area contributed by atoms with Gasteiger partial charge in [-0.3, -0.25) is 14.4 Å². The zero-order chi connectivity index (χ0) is 40.1. The molecule has 326 valence electrons. The van der Waals surface area contributed by atoms with Crippen LogP contribution in [0.5, 0.6) is 0 Å². The number of ether oxygens (including phenoxy) is 3. The molecule has 1 atom stereocenters. The molecule has 0 fully saturated rings. The Morgan fingerprint density at radius 1 is 0.291 bits per heavy atom. The number of hydrogen-bond acceptors (Lipinski definition) is 6. The van der Waals surface area contributed by atoms with Crippen molar-refractivity contribution in [2.45, 2.75) is 284 Å². The molecule has 1 unspecified atom stereocenters. The van der Waals surface area contributed by atoms with E-state index in [0.29, 0.717) is 19.3 Å². The highest BCUT2D eigenvalue weighted by atomic mass is 16.6. The number of carbonyl (C=O) groups is 3. The normalized spacial score (nSPS) is 11.8. The molecule has 0 N–H and O–H groups in total. The fraction of sp³-hybridized carbons (Fsp3) is 0.939. The van der Waals surface area contributed by atoms with Crippen molar-refractivity contribution >= 4 is 17.9 Å². The van der Waals surface area contributed by atoms with Crippen LogP contribution in [-0.4, -0.2) is 37.2 Å². The van der Waals surface area contributed by atoms with Gasteiger partial charge in [0.1, 0.15) is 13.2 Å². The van der Waals surface area contributed by atoms with Gasteiger partial charge in [0.2, 0.25) is 0 Å². The highest BCUT2D eigenvalue weighted by molar-refractivity contribution is 5.71. The Balaban J connectivity index is 4.12. The second kappa shape index (κ2) is 45.1. The van der Waals surface area contributed by atoms with E-state index >= 15 is 0 Å². The molecular formula is C49H94O6. The molecule has 0 saturated heterocycles. The summed E-state index contributed by atoms with van der Waals surface area (Å²) in [4.78, 5) is 37.6. The monoisotopic (exact) mass is 779 g/mol.